The molecule has 3 amide bonds. The summed E-state index contributed by atoms with van der Waals surface area (Å²) in [4.78, 5) is 43.0. The van der Waals surface area contributed by atoms with Gasteiger partial charge < -0.3 is 26.5 Å². The standard InChI is InChI=1S/C25H26N6O5.CH4/c1-15(32)22(25(35)31-36)30-23(33)18-8-4-16(5-9-18)2-3-17-6-10-19(11-7-17)29-24(34)21(26)12-20-13-27-14-28-20;/h4-11,13-15,21-22,32,36H,12,26H2,1H3,(H,27,28)(H,29,34)(H,30,33)(H,31,35);1H4/t15-,21+,22+;/m1./s1. The third kappa shape index (κ3) is 8.29. The Morgan fingerprint density at radius 2 is 1.62 bits per heavy atom. The summed E-state index contributed by atoms with van der Waals surface area (Å²) < 4.78 is 0. The molecule has 0 saturated heterocycles. The SMILES string of the molecule is C.C[C@@H](O)[C@H](NC(=O)c1ccc(C#Cc2ccc(NC(=O)[C@@H](N)Cc3cnc[nH]3)cc2)cc1)C(=O)NO. The Hall–Kier alpha value is -4.50. The summed E-state index contributed by atoms with van der Waals surface area (Å²) in [6.45, 7) is 1.32. The third-order valence-electron chi connectivity index (χ3n) is 5.14. The van der Waals surface area contributed by atoms with Crippen molar-refractivity contribution in [2.45, 2.75) is 39.0 Å². The van der Waals surface area contributed by atoms with Crippen molar-refractivity contribution in [1.29, 1.82) is 0 Å². The quantitative estimate of drug-likeness (QED) is 0.135. The van der Waals surface area contributed by atoms with E-state index in [1.807, 2.05) is 0 Å². The number of rotatable bonds is 8. The van der Waals surface area contributed by atoms with Gasteiger partial charge in [0.15, 0.2) is 0 Å². The normalized spacial score (nSPS) is 12.5. The summed E-state index contributed by atoms with van der Waals surface area (Å²) in [6.07, 6.45) is 2.29. The monoisotopic (exact) mass is 506 g/mol. The molecule has 37 heavy (non-hydrogen) atoms. The number of carbonyl (C=O) groups excluding carboxylic acids is 3. The van der Waals surface area contributed by atoms with Crippen LogP contribution in [0.15, 0.2) is 61.1 Å². The highest BCUT2D eigenvalue weighted by atomic mass is 16.5. The van der Waals surface area contributed by atoms with Gasteiger partial charge in [-0.05, 0) is 55.5 Å². The van der Waals surface area contributed by atoms with Gasteiger partial charge in [0.1, 0.15) is 6.04 Å². The summed E-state index contributed by atoms with van der Waals surface area (Å²) in [5.74, 6) is 4.15. The van der Waals surface area contributed by atoms with E-state index in [9.17, 15) is 19.5 Å². The van der Waals surface area contributed by atoms with Gasteiger partial charge in [-0.15, -0.1) is 0 Å². The van der Waals surface area contributed by atoms with E-state index >= 15 is 0 Å². The number of aromatic amines is 1. The number of amides is 3. The van der Waals surface area contributed by atoms with Crippen molar-refractivity contribution in [2.24, 2.45) is 5.73 Å². The van der Waals surface area contributed by atoms with Crippen LogP contribution in [0.2, 0.25) is 0 Å². The molecule has 0 aliphatic carbocycles. The molecule has 3 aromatic rings. The Labute approximate surface area is 214 Å². The van der Waals surface area contributed by atoms with Crippen molar-refractivity contribution >= 4 is 23.4 Å². The van der Waals surface area contributed by atoms with Crippen molar-refractivity contribution in [3.63, 3.8) is 0 Å². The Kier molecular flexibility index (Phi) is 10.5. The minimum absolute atomic E-state index is 0. The first-order chi connectivity index (χ1) is 17.3. The Morgan fingerprint density at radius 1 is 1.03 bits per heavy atom. The number of benzene rings is 2. The molecule has 1 heterocycles. The fourth-order valence-electron chi connectivity index (χ4n) is 3.15. The van der Waals surface area contributed by atoms with Crippen LogP contribution in [0.4, 0.5) is 5.69 Å². The molecule has 0 bridgehead atoms. The fourth-order valence-corrected chi connectivity index (χ4v) is 3.15. The average molecular weight is 507 g/mol. The van der Waals surface area contributed by atoms with Crippen LogP contribution in [0.5, 0.6) is 0 Å². The zero-order valence-electron chi connectivity index (χ0n) is 19.4. The summed E-state index contributed by atoms with van der Waals surface area (Å²) in [6, 6.07) is 11.3. The number of imidazole rings is 1. The lowest BCUT2D eigenvalue weighted by Crippen LogP contribution is -2.51. The highest BCUT2D eigenvalue weighted by molar-refractivity contribution is 5.97. The van der Waals surface area contributed by atoms with Crippen molar-refractivity contribution in [3.8, 4) is 11.8 Å². The second-order valence-corrected chi connectivity index (χ2v) is 7.95. The van der Waals surface area contributed by atoms with Crippen LogP contribution in [0, 0.1) is 11.8 Å². The van der Waals surface area contributed by atoms with Crippen LogP contribution in [-0.4, -0.2) is 56.2 Å². The summed E-state index contributed by atoms with van der Waals surface area (Å²) in [7, 11) is 0. The average Bonchev–Trinajstić information content (AvgIpc) is 3.39. The molecular formula is C26H30N6O5. The van der Waals surface area contributed by atoms with Crippen LogP contribution < -0.4 is 21.8 Å². The molecule has 0 saturated carbocycles. The number of nitrogens with zero attached hydrogens (tertiary/aromatic N) is 1. The summed E-state index contributed by atoms with van der Waals surface area (Å²) in [5, 5.41) is 23.5. The molecule has 3 atom stereocenters. The van der Waals surface area contributed by atoms with Gasteiger partial charge in [0.05, 0.1) is 18.5 Å². The maximum Gasteiger partial charge on any atom is 0.268 e. The number of aliphatic hydroxyl groups is 1. The molecule has 0 unspecified atom stereocenters. The number of carbonyl (C=O) groups is 3. The van der Waals surface area contributed by atoms with Crippen molar-refractivity contribution in [3.05, 3.63) is 83.4 Å². The number of hydrogen-bond donors (Lipinski definition) is 7. The van der Waals surface area contributed by atoms with Crippen molar-refractivity contribution in [2.75, 3.05) is 5.32 Å². The number of anilines is 1. The van der Waals surface area contributed by atoms with Gasteiger partial charge >= 0.3 is 0 Å². The molecule has 8 N–H and O–H groups in total. The number of nitrogens with one attached hydrogen (secondary N) is 4. The topological polar surface area (TPSA) is 182 Å². The third-order valence-corrected chi connectivity index (χ3v) is 5.14. The molecule has 0 aliphatic heterocycles. The molecule has 0 spiro atoms. The van der Waals surface area contributed by atoms with Crippen LogP contribution in [-0.2, 0) is 16.0 Å². The van der Waals surface area contributed by atoms with Gasteiger partial charge in [-0.2, -0.15) is 0 Å². The molecule has 194 valence electrons. The number of nitrogens with two attached hydrogens (primary N) is 1. The number of H-pyrrole nitrogens is 1. The fraction of sp³-hybridized carbons (Fsp3) is 0.231. The number of aliphatic hydroxyl groups excluding tert-OH is 1. The number of hydroxylamine groups is 1. The number of aromatic nitrogens is 2. The lowest BCUT2D eigenvalue weighted by Gasteiger charge is -2.19. The first-order valence-electron chi connectivity index (χ1n) is 11.0. The van der Waals surface area contributed by atoms with E-state index in [-0.39, 0.29) is 18.9 Å². The molecule has 11 heteroatoms. The highest BCUT2D eigenvalue weighted by Gasteiger charge is 2.25. The Balaban J connectivity index is 0.00000481. The predicted octanol–water partition coefficient (Wildman–Crippen LogP) is 0.939. The van der Waals surface area contributed by atoms with E-state index in [1.165, 1.54) is 30.9 Å². The van der Waals surface area contributed by atoms with E-state index in [0.29, 0.717) is 23.2 Å². The predicted molar refractivity (Wildman–Crippen MR) is 137 cm³/mol. The maximum atomic E-state index is 12.3. The minimum Gasteiger partial charge on any atom is -0.391 e. The zero-order chi connectivity index (χ0) is 26.1. The molecule has 1 aromatic heterocycles. The van der Waals surface area contributed by atoms with E-state index in [0.717, 1.165) is 5.69 Å². The van der Waals surface area contributed by atoms with Gasteiger partial charge in [0.2, 0.25) is 5.91 Å². The van der Waals surface area contributed by atoms with Crippen molar-refractivity contribution < 1.29 is 24.7 Å². The van der Waals surface area contributed by atoms with Crippen molar-refractivity contribution in [1.82, 2.24) is 20.8 Å². The van der Waals surface area contributed by atoms with E-state index in [1.54, 1.807) is 42.6 Å². The molecule has 3 rings (SSSR count). The Bertz CT molecular complexity index is 1250. The van der Waals surface area contributed by atoms with E-state index in [4.69, 9.17) is 10.9 Å². The van der Waals surface area contributed by atoms with Crippen LogP contribution in [0.1, 0.15) is 41.5 Å². The van der Waals surface area contributed by atoms with Crippen LogP contribution in [0.25, 0.3) is 0 Å². The molecule has 11 nitrogen and oxygen atoms in total. The molecule has 0 fully saturated rings. The second-order valence-electron chi connectivity index (χ2n) is 7.95. The van der Waals surface area contributed by atoms with Gasteiger partial charge in [-0.1, -0.05) is 19.3 Å². The minimum atomic E-state index is -1.30. The van der Waals surface area contributed by atoms with Crippen LogP contribution in [0.3, 0.4) is 0 Å². The largest absolute Gasteiger partial charge is 0.391 e. The lowest BCUT2D eigenvalue weighted by atomic mass is 10.1. The Morgan fingerprint density at radius 3 is 2.14 bits per heavy atom. The van der Waals surface area contributed by atoms with E-state index < -0.39 is 30.0 Å². The molecule has 2 aromatic carbocycles. The molecular weight excluding hydrogens is 476 g/mol. The van der Waals surface area contributed by atoms with Crippen LogP contribution >= 0.6 is 0 Å². The van der Waals surface area contributed by atoms with Gasteiger partial charge in [-0.3, -0.25) is 19.6 Å². The first-order valence-corrected chi connectivity index (χ1v) is 11.0. The zero-order valence-corrected chi connectivity index (χ0v) is 19.4. The van der Waals surface area contributed by atoms with Gasteiger partial charge in [-0.25, -0.2) is 10.5 Å². The van der Waals surface area contributed by atoms with E-state index in [2.05, 4.69) is 32.4 Å². The molecule has 0 radical (unpaired) electrons. The summed E-state index contributed by atoms with van der Waals surface area (Å²) >= 11 is 0. The lowest BCUT2D eigenvalue weighted by molar-refractivity contribution is -0.133. The molecule has 0 aliphatic rings. The smallest absolute Gasteiger partial charge is 0.268 e. The first kappa shape index (κ1) is 28.7. The maximum absolute atomic E-state index is 12.3. The van der Waals surface area contributed by atoms with Gasteiger partial charge in [0, 0.05) is 40.7 Å². The highest BCUT2D eigenvalue weighted by Crippen LogP contribution is 2.11. The number of hydrogen-bond acceptors (Lipinski definition) is 7. The van der Waals surface area contributed by atoms with Gasteiger partial charge in [0.25, 0.3) is 11.8 Å². The second kappa shape index (κ2) is 13.6. The summed E-state index contributed by atoms with van der Waals surface area (Å²) in [5.41, 5.74) is 10.3.